The van der Waals surface area contributed by atoms with Gasteiger partial charge < -0.3 is 51.4 Å². The Kier molecular flexibility index (Phi) is 10.3. The summed E-state index contributed by atoms with van der Waals surface area (Å²) < 4.78 is 34.3. The number of carboxylic acid groups (broad SMARTS) is 2. The van der Waals surface area contributed by atoms with E-state index in [0.717, 1.165) is 10.9 Å². The van der Waals surface area contributed by atoms with Gasteiger partial charge in [-0.05, 0) is 12.8 Å². The van der Waals surface area contributed by atoms with Gasteiger partial charge in [0.15, 0.2) is 17.4 Å². The number of imidazole rings is 1. The molecule has 2 aromatic heterocycles. The van der Waals surface area contributed by atoms with Crippen LogP contribution in [-0.2, 0) is 42.1 Å². The third-order valence-corrected chi connectivity index (χ3v) is 7.16. The molecule has 0 spiro atoms. The number of phosphoric ester groups is 1. The maximum Gasteiger partial charge on any atom is 0.592 e. The van der Waals surface area contributed by atoms with Gasteiger partial charge in [-0.1, -0.05) is 0 Å². The zero-order valence-electron chi connectivity index (χ0n) is 21.5. The molecule has 0 unspecified atom stereocenters. The monoisotopic (exact) mass is 621 g/mol. The largest absolute Gasteiger partial charge is 0.592 e. The number of aromatic amines is 1. The maximum atomic E-state index is 13.2. The lowest BCUT2D eigenvalue weighted by Crippen LogP contribution is -2.34. The molecule has 6 atom stereocenters. The highest BCUT2D eigenvalue weighted by molar-refractivity contribution is 7.49. The van der Waals surface area contributed by atoms with Crippen LogP contribution < -0.4 is 22.8 Å². The number of aliphatic hydroxyl groups excluding tert-OH is 2. The van der Waals surface area contributed by atoms with E-state index in [1.807, 2.05) is 0 Å². The Morgan fingerprint density at radius 2 is 1.60 bits per heavy atom. The molecule has 1 saturated heterocycles. The predicted octanol–water partition coefficient (Wildman–Crippen LogP) is -3.08. The molecule has 11 N–H and O–H groups in total. The van der Waals surface area contributed by atoms with Crippen molar-refractivity contribution in [3.63, 3.8) is 0 Å². The van der Waals surface area contributed by atoms with Gasteiger partial charge in [-0.25, -0.2) is 9.55 Å². The molecular weight excluding hydrogens is 593 g/mol. The second-order valence-corrected chi connectivity index (χ2v) is 10.5. The molecule has 1 aliphatic rings. The van der Waals surface area contributed by atoms with E-state index in [-0.39, 0.29) is 17.1 Å². The first-order valence-electron chi connectivity index (χ1n) is 12.0. The van der Waals surface area contributed by atoms with Crippen LogP contribution in [0.3, 0.4) is 0 Å². The molecule has 21 nitrogen and oxygen atoms in total. The smallest absolute Gasteiger partial charge is 0.480 e. The van der Waals surface area contributed by atoms with Gasteiger partial charge in [0.25, 0.3) is 5.56 Å². The number of H-pyrrole nitrogens is 1. The molecule has 22 heteroatoms. The average molecular weight is 621 g/mol. The number of nitrogens with one attached hydrogen (secondary N) is 1. The summed E-state index contributed by atoms with van der Waals surface area (Å²) in [6.45, 7) is -0.918. The fourth-order valence-electron chi connectivity index (χ4n) is 3.60. The summed E-state index contributed by atoms with van der Waals surface area (Å²) in [4.78, 5) is 68.3. The lowest BCUT2D eigenvalue weighted by molar-refractivity contribution is -0.142. The topological polar surface area (TPSA) is 345 Å². The summed E-state index contributed by atoms with van der Waals surface area (Å²) in [5.74, 6) is -5.82. The van der Waals surface area contributed by atoms with Gasteiger partial charge in [-0.2, -0.15) is 4.98 Å². The van der Waals surface area contributed by atoms with Crippen molar-refractivity contribution in [3.05, 3.63) is 16.7 Å². The molecule has 0 amide bonds. The van der Waals surface area contributed by atoms with Gasteiger partial charge in [-0.15, -0.1) is 0 Å². The van der Waals surface area contributed by atoms with E-state index < -0.39 is 106 Å². The van der Waals surface area contributed by atoms with E-state index >= 15 is 0 Å². The number of nitrogens with zero attached hydrogens (tertiary/aromatic N) is 3. The van der Waals surface area contributed by atoms with Crippen molar-refractivity contribution in [2.45, 2.75) is 62.3 Å². The summed E-state index contributed by atoms with van der Waals surface area (Å²) in [7, 11) is -5.17. The van der Waals surface area contributed by atoms with E-state index in [1.165, 1.54) is 0 Å². The second-order valence-electron chi connectivity index (χ2n) is 8.96. The highest BCUT2D eigenvalue weighted by Gasteiger charge is 2.47. The minimum atomic E-state index is -5.17. The van der Waals surface area contributed by atoms with Crippen molar-refractivity contribution in [2.24, 2.45) is 11.5 Å². The molecule has 0 aromatic carbocycles. The zero-order valence-corrected chi connectivity index (χ0v) is 22.4. The average Bonchev–Trinajstić information content (AvgIpc) is 3.44. The predicted molar refractivity (Wildman–Crippen MR) is 134 cm³/mol. The summed E-state index contributed by atoms with van der Waals surface area (Å²) in [5.41, 5.74) is 15.2. The number of carboxylic acids is 2. The van der Waals surface area contributed by atoms with Crippen LogP contribution in [0.1, 0.15) is 31.9 Å². The van der Waals surface area contributed by atoms with E-state index in [1.54, 1.807) is 0 Å². The first-order valence-corrected chi connectivity index (χ1v) is 13.5. The van der Waals surface area contributed by atoms with E-state index in [0.29, 0.717) is 0 Å². The number of fused-ring (bicyclic) bond motifs is 1. The Bertz CT molecular complexity index is 1400. The summed E-state index contributed by atoms with van der Waals surface area (Å²) >= 11 is 0. The number of aromatic nitrogens is 4. The third-order valence-electron chi connectivity index (χ3n) is 5.84. The van der Waals surface area contributed by atoms with Crippen molar-refractivity contribution in [2.75, 3.05) is 12.3 Å². The zero-order chi connectivity index (χ0) is 31.4. The molecule has 3 rings (SSSR count). The van der Waals surface area contributed by atoms with Crippen LogP contribution in [0, 0.1) is 0 Å². The number of aliphatic hydroxyl groups is 2. The molecule has 1 fully saturated rings. The van der Waals surface area contributed by atoms with E-state index in [9.17, 15) is 38.8 Å². The van der Waals surface area contributed by atoms with Gasteiger partial charge >= 0.3 is 31.7 Å². The summed E-state index contributed by atoms with van der Waals surface area (Å²) in [5, 5.41) is 38.8. The van der Waals surface area contributed by atoms with E-state index in [2.05, 4.69) is 24.0 Å². The Balaban J connectivity index is 1.74. The molecule has 0 radical (unpaired) electrons. The number of anilines is 1. The number of rotatable bonds is 14. The van der Waals surface area contributed by atoms with Crippen LogP contribution in [0.5, 0.6) is 0 Å². The lowest BCUT2D eigenvalue weighted by Gasteiger charge is -2.20. The van der Waals surface area contributed by atoms with Crippen molar-refractivity contribution < 1.29 is 62.5 Å². The molecule has 2 aromatic rings. The summed E-state index contributed by atoms with van der Waals surface area (Å²) in [6.07, 6.45) is -7.56. The molecular formula is C20H28N7O14P. The highest BCUT2D eigenvalue weighted by atomic mass is 31.2. The van der Waals surface area contributed by atoms with Crippen LogP contribution in [0.4, 0.5) is 5.95 Å². The van der Waals surface area contributed by atoms with Crippen LogP contribution in [-0.4, -0.2) is 101 Å². The van der Waals surface area contributed by atoms with Crippen molar-refractivity contribution >= 4 is 48.8 Å². The Morgan fingerprint density at radius 1 is 1.05 bits per heavy atom. The standard InChI is InChI=1S/C20H28N7O14P/c21-7(18(33)34)1-3-10(28)40-42(37,41-11(29)4-2-8(22)19(35)36)38-5-9-13(30)14(31)17(39-9)27-6-24-12-15(27)25-20(23)26-16(12)32/h6-9,13-14,17,30-31H,1-5,21-22H2,(H,33,34)(H,35,36)(H3,23,25,26,32)/t7-,8-,9+,13+,14+,17+/m0/s1. The van der Waals surface area contributed by atoms with Crippen LogP contribution >= 0.6 is 7.82 Å². The number of hydrogen-bond acceptors (Lipinski definition) is 17. The fourth-order valence-corrected chi connectivity index (χ4v) is 4.75. The Hall–Kier alpha value is -3.98. The number of nitrogens with two attached hydrogens (primary N) is 3. The highest BCUT2D eigenvalue weighted by Crippen LogP contribution is 2.51. The molecule has 42 heavy (non-hydrogen) atoms. The van der Waals surface area contributed by atoms with Crippen molar-refractivity contribution in [1.29, 1.82) is 0 Å². The molecule has 0 saturated carbocycles. The number of hydrogen-bond donors (Lipinski definition) is 8. The van der Waals surface area contributed by atoms with Crippen LogP contribution in [0.15, 0.2) is 11.1 Å². The first kappa shape index (κ1) is 32.5. The van der Waals surface area contributed by atoms with Crippen LogP contribution in [0.25, 0.3) is 11.2 Å². The molecule has 1 aliphatic heterocycles. The number of carbonyl (C=O) groups excluding carboxylic acids is 2. The minimum absolute atomic E-state index is 0.110. The minimum Gasteiger partial charge on any atom is -0.480 e. The number of carbonyl (C=O) groups is 4. The first-order chi connectivity index (χ1) is 19.6. The lowest BCUT2D eigenvalue weighted by atomic mass is 10.1. The number of ether oxygens (including phenoxy) is 1. The van der Waals surface area contributed by atoms with Crippen molar-refractivity contribution in [3.8, 4) is 0 Å². The normalized spacial score (nSPS) is 22.0. The van der Waals surface area contributed by atoms with Gasteiger partial charge in [0.1, 0.15) is 30.4 Å². The van der Waals surface area contributed by atoms with E-state index in [4.69, 9.17) is 36.7 Å². The molecule has 3 heterocycles. The quantitative estimate of drug-likeness (QED) is 0.0969. The molecule has 0 aliphatic carbocycles. The summed E-state index contributed by atoms with van der Waals surface area (Å²) in [6, 6.07) is -2.95. The van der Waals surface area contributed by atoms with Gasteiger partial charge in [-0.3, -0.25) is 38.0 Å². The number of phosphoric acid groups is 1. The van der Waals surface area contributed by atoms with Crippen molar-refractivity contribution in [1.82, 2.24) is 19.5 Å². The fraction of sp³-hybridized carbons (Fsp3) is 0.550. The number of nitrogen functional groups attached to an aromatic ring is 1. The maximum absolute atomic E-state index is 13.2. The number of aliphatic carboxylic acids is 2. The van der Waals surface area contributed by atoms with Gasteiger partial charge in [0, 0.05) is 12.8 Å². The second kappa shape index (κ2) is 13.3. The SMILES string of the molecule is Nc1nc2c(ncn2[C@@H]2O[C@H](COP(=O)(OC(=O)CC[C@H](N)C(=O)O)OC(=O)CC[C@H](N)C(=O)O)[C@@H](O)[C@H]2O)c(=O)[nH]1. The van der Waals surface area contributed by atoms with Gasteiger partial charge in [0.2, 0.25) is 5.95 Å². The Labute approximate surface area is 234 Å². The Morgan fingerprint density at radius 3 is 2.12 bits per heavy atom. The molecule has 0 bridgehead atoms. The third kappa shape index (κ3) is 7.85. The van der Waals surface area contributed by atoms with Gasteiger partial charge in [0.05, 0.1) is 12.9 Å². The van der Waals surface area contributed by atoms with Crippen LogP contribution in [0.2, 0.25) is 0 Å². The molecule has 232 valence electrons.